The molecule has 0 radical (unpaired) electrons. The number of piperidine rings is 2. The minimum atomic E-state index is -0.627. The summed E-state index contributed by atoms with van der Waals surface area (Å²) < 4.78 is 0. The fraction of sp³-hybridized carbons (Fsp3) is 0.929. The van der Waals surface area contributed by atoms with E-state index in [0.717, 1.165) is 39.0 Å². The summed E-state index contributed by atoms with van der Waals surface area (Å²) >= 11 is 0. The number of carbonyl (C=O) groups is 1. The summed E-state index contributed by atoms with van der Waals surface area (Å²) in [6.07, 6.45) is 5.66. The van der Waals surface area contributed by atoms with Gasteiger partial charge in [-0.15, -0.1) is 0 Å². The van der Waals surface area contributed by atoms with Crippen LogP contribution in [0.2, 0.25) is 0 Å². The Balaban J connectivity index is 1.68. The van der Waals surface area contributed by atoms with E-state index >= 15 is 0 Å². The average Bonchev–Trinajstić information content (AvgIpc) is 2.39. The minimum Gasteiger partial charge on any atom is -0.481 e. The van der Waals surface area contributed by atoms with Crippen molar-refractivity contribution in [1.29, 1.82) is 0 Å². The molecule has 0 amide bonds. The molecule has 2 aliphatic heterocycles. The van der Waals surface area contributed by atoms with Crippen LogP contribution in [0.3, 0.4) is 0 Å². The number of carboxylic acids is 1. The summed E-state index contributed by atoms with van der Waals surface area (Å²) in [4.78, 5) is 16.1. The fourth-order valence-electron chi connectivity index (χ4n) is 2.95. The van der Waals surface area contributed by atoms with Crippen LogP contribution in [0, 0.1) is 5.41 Å². The highest BCUT2D eigenvalue weighted by molar-refractivity contribution is 5.74. The zero-order valence-corrected chi connectivity index (χ0v) is 11.5. The smallest absolute Gasteiger partial charge is 0.309 e. The third-order valence-corrected chi connectivity index (χ3v) is 4.66. The van der Waals surface area contributed by atoms with Crippen LogP contribution >= 0.6 is 0 Å². The Bertz CT molecular complexity index is 280. The predicted molar refractivity (Wildman–Crippen MR) is 71.7 cm³/mol. The molecular weight excluding hydrogens is 228 g/mol. The first-order valence-corrected chi connectivity index (χ1v) is 7.28. The molecule has 1 N–H and O–H groups in total. The van der Waals surface area contributed by atoms with Crippen molar-refractivity contribution in [3.63, 3.8) is 0 Å². The number of likely N-dealkylation sites (tertiary alicyclic amines) is 2. The molecule has 104 valence electrons. The van der Waals surface area contributed by atoms with Crippen molar-refractivity contribution in [2.24, 2.45) is 5.41 Å². The number of nitrogens with zero attached hydrogens (tertiary/aromatic N) is 2. The summed E-state index contributed by atoms with van der Waals surface area (Å²) in [6.45, 7) is 8.53. The highest BCUT2D eigenvalue weighted by Gasteiger charge is 2.36. The molecule has 2 aliphatic rings. The Kier molecular flexibility index (Phi) is 4.62. The molecule has 0 aromatic carbocycles. The zero-order valence-electron chi connectivity index (χ0n) is 11.5. The van der Waals surface area contributed by atoms with Crippen LogP contribution in [0.25, 0.3) is 0 Å². The Morgan fingerprint density at radius 2 is 1.50 bits per heavy atom. The van der Waals surface area contributed by atoms with E-state index in [1.165, 1.54) is 32.4 Å². The number of carboxylic acid groups (broad SMARTS) is 1. The molecule has 4 heteroatoms. The fourth-order valence-corrected chi connectivity index (χ4v) is 2.95. The third kappa shape index (κ3) is 3.45. The lowest BCUT2D eigenvalue weighted by Gasteiger charge is -2.37. The Morgan fingerprint density at radius 1 is 1.00 bits per heavy atom. The largest absolute Gasteiger partial charge is 0.481 e. The van der Waals surface area contributed by atoms with Crippen molar-refractivity contribution in [2.45, 2.75) is 39.0 Å². The van der Waals surface area contributed by atoms with Crippen LogP contribution in [0.15, 0.2) is 0 Å². The lowest BCUT2D eigenvalue weighted by molar-refractivity contribution is -0.150. The van der Waals surface area contributed by atoms with Gasteiger partial charge < -0.3 is 14.9 Å². The second-order valence-corrected chi connectivity index (χ2v) is 6.11. The van der Waals surface area contributed by atoms with Crippen molar-refractivity contribution >= 4 is 5.97 Å². The summed E-state index contributed by atoms with van der Waals surface area (Å²) in [5.74, 6) is -0.627. The van der Waals surface area contributed by atoms with Gasteiger partial charge in [0.25, 0.3) is 0 Å². The number of hydrogen-bond acceptors (Lipinski definition) is 3. The molecular formula is C14H26N2O2. The van der Waals surface area contributed by atoms with Gasteiger partial charge in [-0.1, -0.05) is 6.42 Å². The van der Waals surface area contributed by atoms with E-state index in [-0.39, 0.29) is 0 Å². The summed E-state index contributed by atoms with van der Waals surface area (Å²) in [6, 6.07) is 0. The number of hydrogen-bond donors (Lipinski definition) is 1. The molecule has 2 heterocycles. The van der Waals surface area contributed by atoms with Gasteiger partial charge in [0, 0.05) is 13.1 Å². The van der Waals surface area contributed by atoms with Gasteiger partial charge in [0.1, 0.15) is 0 Å². The first-order valence-electron chi connectivity index (χ1n) is 7.28. The van der Waals surface area contributed by atoms with Crippen LogP contribution in [-0.2, 0) is 4.79 Å². The second-order valence-electron chi connectivity index (χ2n) is 6.11. The van der Waals surface area contributed by atoms with Crippen molar-refractivity contribution in [3.05, 3.63) is 0 Å². The molecule has 2 rings (SSSR count). The molecule has 0 unspecified atom stereocenters. The molecule has 4 nitrogen and oxygen atoms in total. The van der Waals surface area contributed by atoms with E-state index in [1.807, 2.05) is 6.92 Å². The average molecular weight is 254 g/mol. The van der Waals surface area contributed by atoms with Gasteiger partial charge in [0.2, 0.25) is 0 Å². The molecule has 0 spiro atoms. The molecule has 0 atom stereocenters. The van der Waals surface area contributed by atoms with E-state index in [9.17, 15) is 9.90 Å². The molecule has 2 saturated heterocycles. The molecule has 0 bridgehead atoms. The van der Waals surface area contributed by atoms with Crippen molar-refractivity contribution in [1.82, 2.24) is 9.80 Å². The molecule has 0 saturated carbocycles. The maximum Gasteiger partial charge on any atom is 0.309 e. The van der Waals surface area contributed by atoms with Gasteiger partial charge in [-0.05, 0) is 58.8 Å². The minimum absolute atomic E-state index is 0.484. The monoisotopic (exact) mass is 254 g/mol. The lowest BCUT2D eigenvalue weighted by Crippen LogP contribution is -2.45. The topological polar surface area (TPSA) is 43.8 Å². The lowest BCUT2D eigenvalue weighted by atomic mass is 9.80. The molecule has 2 fully saturated rings. The Hall–Kier alpha value is -0.610. The second kappa shape index (κ2) is 6.02. The highest BCUT2D eigenvalue weighted by atomic mass is 16.4. The molecule has 18 heavy (non-hydrogen) atoms. The first-order chi connectivity index (χ1) is 8.60. The van der Waals surface area contributed by atoms with E-state index in [4.69, 9.17) is 0 Å². The zero-order chi connectivity index (χ0) is 13.0. The number of rotatable bonds is 4. The van der Waals surface area contributed by atoms with Crippen LogP contribution < -0.4 is 0 Å². The Morgan fingerprint density at radius 3 is 2.00 bits per heavy atom. The SMILES string of the molecule is CC1(C(=O)O)CCN(CCN2CCCCC2)CC1. The third-order valence-electron chi connectivity index (χ3n) is 4.66. The van der Waals surface area contributed by atoms with Crippen molar-refractivity contribution < 1.29 is 9.90 Å². The quantitative estimate of drug-likeness (QED) is 0.828. The van der Waals surface area contributed by atoms with Crippen LogP contribution in [-0.4, -0.2) is 60.1 Å². The molecule has 0 aromatic heterocycles. The first kappa shape index (κ1) is 13.8. The number of aliphatic carboxylic acids is 1. The van der Waals surface area contributed by atoms with Crippen molar-refractivity contribution in [3.8, 4) is 0 Å². The van der Waals surface area contributed by atoms with Gasteiger partial charge in [0.15, 0.2) is 0 Å². The summed E-state index contributed by atoms with van der Waals surface area (Å²) in [7, 11) is 0. The normalized spacial score (nSPS) is 26.1. The van der Waals surface area contributed by atoms with E-state index in [0.29, 0.717) is 0 Å². The van der Waals surface area contributed by atoms with Crippen LogP contribution in [0.5, 0.6) is 0 Å². The van der Waals surface area contributed by atoms with Gasteiger partial charge in [-0.2, -0.15) is 0 Å². The van der Waals surface area contributed by atoms with E-state index in [2.05, 4.69) is 9.80 Å². The van der Waals surface area contributed by atoms with Crippen LogP contribution in [0.1, 0.15) is 39.0 Å². The van der Waals surface area contributed by atoms with Gasteiger partial charge in [0.05, 0.1) is 5.41 Å². The van der Waals surface area contributed by atoms with Crippen molar-refractivity contribution in [2.75, 3.05) is 39.3 Å². The highest BCUT2D eigenvalue weighted by Crippen LogP contribution is 2.30. The van der Waals surface area contributed by atoms with Crippen LogP contribution in [0.4, 0.5) is 0 Å². The maximum absolute atomic E-state index is 11.2. The Labute approximate surface area is 110 Å². The van der Waals surface area contributed by atoms with E-state index < -0.39 is 11.4 Å². The van der Waals surface area contributed by atoms with Gasteiger partial charge >= 0.3 is 5.97 Å². The molecule has 0 aromatic rings. The molecule has 0 aliphatic carbocycles. The summed E-state index contributed by atoms with van der Waals surface area (Å²) in [5.41, 5.74) is -0.484. The van der Waals surface area contributed by atoms with Gasteiger partial charge in [-0.3, -0.25) is 4.79 Å². The summed E-state index contributed by atoms with van der Waals surface area (Å²) in [5, 5.41) is 9.19. The maximum atomic E-state index is 11.2. The van der Waals surface area contributed by atoms with E-state index in [1.54, 1.807) is 0 Å². The standard InChI is InChI=1S/C14H26N2O2/c1-14(13(17)18)5-9-16(10-6-14)12-11-15-7-3-2-4-8-15/h2-12H2,1H3,(H,17,18). The van der Waals surface area contributed by atoms with Gasteiger partial charge in [-0.25, -0.2) is 0 Å². The predicted octanol–water partition coefficient (Wildman–Crippen LogP) is 1.66.